The molecule has 2 unspecified atom stereocenters. The molecule has 5 aromatic carbocycles. The third-order valence-corrected chi connectivity index (χ3v) is 14.4. The lowest BCUT2D eigenvalue weighted by Gasteiger charge is -2.31. The molecule has 6 aliphatic rings. The topological polar surface area (TPSA) is 17.8 Å². The molecule has 0 saturated carbocycles. The fourth-order valence-corrected chi connectivity index (χ4v) is 11.6. The molecule has 12 rings (SSSR count). The number of aryl methyl sites for hydroxylation is 1. The van der Waals surface area contributed by atoms with Gasteiger partial charge in [-0.2, -0.15) is 0 Å². The third kappa shape index (κ3) is 5.71. The van der Waals surface area contributed by atoms with Gasteiger partial charge in [-0.15, -0.1) is 0 Å². The second-order valence-corrected chi connectivity index (χ2v) is 17.7. The molecule has 60 heavy (non-hydrogen) atoms. The lowest BCUT2D eigenvalue weighted by Crippen LogP contribution is -2.35. The van der Waals surface area contributed by atoms with Crippen LogP contribution in [-0.4, -0.2) is 9.55 Å². The Hall–Kier alpha value is -6.25. The maximum atomic E-state index is 5.25. The molecule has 292 valence electrons. The number of benzene rings is 5. The van der Waals surface area contributed by atoms with E-state index >= 15 is 0 Å². The van der Waals surface area contributed by atoms with Crippen LogP contribution < -0.4 is 20.9 Å². The first-order valence-corrected chi connectivity index (χ1v) is 22.5. The maximum absolute atomic E-state index is 5.25. The van der Waals surface area contributed by atoms with Crippen LogP contribution in [0.4, 0.5) is 0 Å². The van der Waals surface area contributed by atoms with Gasteiger partial charge in [-0.1, -0.05) is 140 Å². The van der Waals surface area contributed by atoms with Crippen molar-refractivity contribution in [1.82, 2.24) is 9.55 Å². The molecule has 6 aromatic rings. The van der Waals surface area contributed by atoms with E-state index in [4.69, 9.17) is 4.98 Å². The Morgan fingerprint density at radius 2 is 1.17 bits per heavy atom. The fourth-order valence-electron chi connectivity index (χ4n) is 11.6. The van der Waals surface area contributed by atoms with Gasteiger partial charge in [-0.3, -0.25) is 0 Å². The van der Waals surface area contributed by atoms with E-state index in [-0.39, 0.29) is 6.04 Å². The van der Waals surface area contributed by atoms with E-state index in [1.165, 1.54) is 104 Å². The van der Waals surface area contributed by atoms with Crippen LogP contribution in [0.2, 0.25) is 0 Å². The summed E-state index contributed by atoms with van der Waals surface area (Å²) in [5.74, 6) is 1.65. The minimum absolute atomic E-state index is 0.278. The summed E-state index contributed by atoms with van der Waals surface area (Å²) in [6.45, 7) is 2.32. The van der Waals surface area contributed by atoms with E-state index in [1.807, 2.05) is 0 Å². The zero-order chi connectivity index (χ0) is 39.7. The van der Waals surface area contributed by atoms with Crippen LogP contribution in [0, 0.1) is 12.8 Å². The highest BCUT2D eigenvalue weighted by Crippen LogP contribution is 2.44. The summed E-state index contributed by atoms with van der Waals surface area (Å²) in [6, 6.07) is 27.3. The smallest absolute Gasteiger partial charge is 0.137 e. The van der Waals surface area contributed by atoms with Gasteiger partial charge in [0.15, 0.2) is 0 Å². The molecule has 0 saturated heterocycles. The van der Waals surface area contributed by atoms with Crippen LogP contribution in [-0.2, 0) is 0 Å². The molecule has 0 spiro atoms. The van der Waals surface area contributed by atoms with Gasteiger partial charge < -0.3 is 4.57 Å². The van der Waals surface area contributed by atoms with Crippen molar-refractivity contribution in [2.75, 3.05) is 0 Å². The van der Waals surface area contributed by atoms with Gasteiger partial charge >= 0.3 is 0 Å². The van der Waals surface area contributed by atoms with Gasteiger partial charge in [0, 0.05) is 0 Å². The number of aromatic nitrogens is 2. The van der Waals surface area contributed by atoms with E-state index in [9.17, 15) is 0 Å². The van der Waals surface area contributed by atoms with Gasteiger partial charge in [0.2, 0.25) is 0 Å². The number of allylic oxidation sites excluding steroid dienone is 14. The average molecular weight is 775 g/mol. The third-order valence-electron chi connectivity index (χ3n) is 14.4. The molecular formula is C58H50N2. The van der Waals surface area contributed by atoms with Crippen molar-refractivity contribution in [3.8, 4) is 0 Å². The minimum Gasteiger partial charge on any atom is -0.317 e. The Bertz CT molecular complexity index is 3330. The second-order valence-electron chi connectivity index (χ2n) is 17.7. The van der Waals surface area contributed by atoms with E-state index in [0.717, 1.165) is 69.1 Å². The molecule has 2 heteroatoms. The van der Waals surface area contributed by atoms with Gasteiger partial charge in [0.05, 0.1) is 17.1 Å². The van der Waals surface area contributed by atoms with Gasteiger partial charge in [-0.25, -0.2) is 4.98 Å². The predicted octanol–water partition coefficient (Wildman–Crippen LogP) is 11.9. The molecule has 6 aliphatic carbocycles. The van der Waals surface area contributed by atoms with Crippen molar-refractivity contribution in [2.45, 2.75) is 77.2 Å². The Balaban J connectivity index is 0.957. The Kier molecular flexibility index (Phi) is 8.61. The molecule has 0 N–H and O–H groups in total. The largest absolute Gasteiger partial charge is 0.317 e. The van der Waals surface area contributed by atoms with E-state index in [1.54, 1.807) is 0 Å². The normalized spacial score (nSPS) is 20.6. The lowest BCUT2D eigenvalue weighted by molar-refractivity contribution is 0.579. The van der Waals surface area contributed by atoms with Crippen LogP contribution in [0.25, 0.3) is 79.2 Å². The van der Waals surface area contributed by atoms with Gasteiger partial charge in [0.25, 0.3) is 0 Å². The Morgan fingerprint density at radius 3 is 1.88 bits per heavy atom. The van der Waals surface area contributed by atoms with Gasteiger partial charge in [-0.05, 0) is 182 Å². The molecule has 1 aromatic heterocycles. The Morgan fingerprint density at radius 1 is 0.567 bits per heavy atom. The zero-order valence-electron chi connectivity index (χ0n) is 34.6. The predicted molar refractivity (Wildman–Crippen MR) is 256 cm³/mol. The van der Waals surface area contributed by atoms with Crippen molar-refractivity contribution in [1.29, 1.82) is 0 Å². The monoisotopic (exact) mass is 774 g/mol. The van der Waals surface area contributed by atoms with Crippen molar-refractivity contribution >= 4 is 79.2 Å². The van der Waals surface area contributed by atoms with Gasteiger partial charge in [0.1, 0.15) is 5.82 Å². The standard InChI is InChI=1S/C58H50N2/c1-37-45-17-5-7-19-47(45)56(48-20-8-6-18-46(37)48)42-33-31-41-36-43(34-32-40(41)35-42)57-51-23-11-9-21-49(51)55(50-22-10-12-24-52(50)57)38-27-29-39(30-28-38)58-59-53-25-13-14-26-54(53)60(58)44-15-3-2-4-16-44/h2-5,7,9,11,13-15,17-27,29,32,34-35,41,44H,6,8,10,12,16,28,30-31,33,36H2,1H3. The number of para-hydroxylation sites is 2. The highest BCUT2D eigenvalue weighted by atomic mass is 15.1. The molecule has 0 fully saturated rings. The second kappa shape index (κ2) is 14.5. The summed E-state index contributed by atoms with van der Waals surface area (Å²) in [7, 11) is 0. The Labute approximate surface area is 352 Å². The number of imidazole rings is 1. The molecule has 0 radical (unpaired) electrons. The maximum Gasteiger partial charge on any atom is 0.137 e. The fraction of sp³-hybridized carbons (Fsp3) is 0.224. The van der Waals surface area contributed by atoms with Crippen molar-refractivity contribution < 1.29 is 0 Å². The van der Waals surface area contributed by atoms with E-state index < -0.39 is 0 Å². The number of hydrogen-bond acceptors (Lipinski definition) is 1. The lowest BCUT2D eigenvalue weighted by atomic mass is 9.74. The number of nitrogens with zero attached hydrogens (tertiary/aromatic N) is 2. The van der Waals surface area contributed by atoms with E-state index in [2.05, 4.69) is 163 Å². The highest BCUT2D eigenvalue weighted by molar-refractivity contribution is 6.03. The summed E-state index contributed by atoms with van der Waals surface area (Å²) in [5.41, 5.74) is 15.4. The van der Waals surface area contributed by atoms with Crippen LogP contribution in [0.5, 0.6) is 0 Å². The van der Waals surface area contributed by atoms with Crippen molar-refractivity contribution in [3.05, 3.63) is 182 Å². The summed E-state index contributed by atoms with van der Waals surface area (Å²) >= 11 is 0. The number of rotatable bonds is 5. The van der Waals surface area contributed by atoms with Crippen LogP contribution in [0.1, 0.15) is 98.3 Å². The first-order chi connectivity index (χ1) is 29.7. The van der Waals surface area contributed by atoms with Crippen molar-refractivity contribution in [3.63, 3.8) is 0 Å². The summed E-state index contributed by atoms with van der Waals surface area (Å²) in [6.07, 6.45) is 42.2. The molecule has 0 aliphatic heterocycles. The molecule has 0 amide bonds. The summed E-state index contributed by atoms with van der Waals surface area (Å²) in [4.78, 5) is 5.25. The molecule has 2 atom stereocenters. The SMILES string of the molecule is Cc1c2c(c(C3=CC4=CC=C(c5c6c(c(C7=CC=C(c8nc9ccccc9n8C8C=CC=CC8)CC7)c7ccccc57)=CCCC=6)CC4CC3)c3ccccc13)=CCCC=2. The average Bonchev–Trinajstić information content (AvgIpc) is 3.71. The first-order valence-electron chi connectivity index (χ1n) is 22.5. The minimum atomic E-state index is 0.278. The van der Waals surface area contributed by atoms with E-state index in [0.29, 0.717) is 5.92 Å². The van der Waals surface area contributed by atoms with Crippen LogP contribution >= 0.6 is 0 Å². The molecular weight excluding hydrogens is 725 g/mol. The van der Waals surface area contributed by atoms with Crippen LogP contribution in [0.15, 0.2) is 133 Å². The van der Waals surface area contributed by atoms with Crippen molar-refractivity contribution in [2.24, 2.45) is 5.92 Å². The number of fused-ring (bicyclic) bond motifs is 6. The first kappa shape index (κ1) is 35.7. The quantitative estimate of drug-likeness (QED) is 0.171. The highest BCUT2D eigenvalue weighted by Gasteiger charge is 2.28. The van der Waals surface area contributed by atoms with Crippen LogP contribution in [0.3, 0.4) is 0 Å². The number of hydrogen-bond donors (Lipinski definition) is 0. The molecule has 0 bridgehead atoms. The molecule has 2 nitrogen and oxygen atoms in total. The summed E-state index contributed by atoms with van der Waals surface area (Å²) in [5, 5.41) is 11.4. The summed E-state index contributed by atoms with van der Waals surface area (Å²) < 4.78 is 2.48. The zero-order valence-corrected chi connectivity index (χ0v) is 34.6. The molecule has 1 heterocycles.